The Morgan fingerprint density at radius 3 is 2.03 bits per heavy atom. The monoisotopic (exact) mass is 398 g/mol. The van der Waals surface area contributed by atoms with Crippen LogP contribution in [-0.2, 0) is 16.0 Å². The number of hydrogen-bond donors (Lipinski definition) is 0. The Hall–Kier alpha value is -1.91. The Kier molecular flexibility index (Phi) is 4.87. The summed E-state index contributed by atoms with van der Waals surface area (Å²) in [4.78, 5) is 29.9. The molecule has 2 amide bonds. The standard InChI is InChI=1S/C24H31FN2O2/c25-21-4-2-1-3-20(21)5-6-22(28)26-7-9-27(10-8-26)23(29)24-14-17-11-18(15-24)13-19(12-17)16-24/h1-4,17-19H,5-16H2. The zero-order chi connectivity index (χ0) is 20.0. The van der Waals surface area contributed by atoms with Crippen LogP contribution in [0.25, 0.3) is 0 Å². The van der Waals surface area contributed by atoms with E-state index in [1.165, 1.54) is 25.3 Å². The largest absolute Gasteiger partial charge is 0.339 e. The average Bonchev–Trinajstić information content (AvgIpc) is 2.71. The van der Waals surface area contributed by atoms with Crippen LogP contribution in [0.5, 0.6) is 0 Å². The van der Waals surface area contributed by atoms with Gasteiger partial charge in [0.15, 0.2) is 0 Å². The number of benzene rings is 1. The van der Waals surface area contributed by atoms with Crippen molar-refractivity contribution in [3.63, 3.8) is 0 Å². The van der Waals surface area contributed by atoms with Crippen LogP contribution in [0.15, 0.2) is 24.3 Å². The first-order valence-corrected chi connectivity index (χ1v) is 11.3. The van der Waals surface area contributed by atoms with Crippen molar-refractivity contribution in [3.8, 4) is 0 Å². The topological polar surface area (TPSA) is 40.6 Å². The summed E-state index contributed by atoms with van der Waals surface area (Å²) in [7, 11) is 0. The summed E-state index contributed by atoms with van der Waals surface area (Å²) in [5.41, 5.74) is 0.502. The van der Waals surface area contributed by atoms with Gasteiger partial charge < -0.3 is 9.80 Å². The Morgan fingerprint density at radius 1 is 0.897 bits per heavy atom. The van der Waals surface area contributed by atoms with Gasteiger partial charge in [0.25, 0.3) is 0 Å². The highest BCUT2D eigenvalue weighted by Crippen LogP contribution is 2.60. The lowest BCUT2D eigenvalue weighted by Crippen LogP contribution is -2.58. The van der Waals surface area contributed by atoms with Crippen molar-refractivity contribution in [1.82, 2.24) is 9.80 Å². The Labute approximate surface area is 172 Å². The van der Waals surface area contributed by atoms with Crippen molar-refractivity contribution < 1.29 is 14.0 Å². The molecule has 1 aromatic carbocycles. The fourth-order valence-electron chi connectivity index (χ4n) is 6.97. The summed E-state index contributed by atoms with van der Waals surface area (Å²) in [5.74, 6) is 2.50. The summed E-state index contributed by atoms with van der Waals surface area (Å²) in [6, 6.07) is 6.65. The smallest absolute Gasteiger partial charge is 0.228 e. The lowest BCUT2D eigenvalue weighted by Gasteiger charge is -2.57. The number of amides is 2. The van der Waals surface area contributed by atoms with Gasteiger partial charge in [0.1, 0.15) is 5.82 Å². The van der Waals surface area contributed by atoms with Crippen molar-refractivity contribution in [1.29, 1.82) is 0 Å². The molecule has 4 saturated carbocycles. The van der Waals surface area contributed by atoms with Gasteiger partial charge in [-0.3, -0.25) is 9.59 Å². The number of halogens is 1. The van der Waals surface area contributed by atoms with E-state index in [4.69, 9.17) is 0 Å². The highest BCUT2D eigenvalue weighted by atomic mass is 19.1. The molecule has 5 heteroatoms. The third kappa shape index (κ3) is 3.57. The molecule has 5 fully saturated rings. The van der Waals surface area contributed by atoms with Crippen LogP contribution in [0, 0.1) is 29.0 Å². The maximum atomic E-state index is 13.8. The van der Waals surface area contributed by atoms with E-state index in [1.54, 1.807) is 18.2 Å². The minimum Gasteiger partial charge on any atom is -0.339 e. The highest BCUT2D eigenvalue weighted by Gasteiger charge is 2.55. The van der Waals surface area contributed by atoms with E-state index in [1.807, 2.05) is 9.80 Å². The lowest BCUT2D eigenvalue weighted by atomic mass is 9.49. The van der Waals surface area contributed by atoms with Crippen LogP contribution < -0.4 is 0 Å². The molecule has 1 aromatic rings. The molecule has 1 aliphatic heterocycles. The van der Waals surface area contributed by atoms with Crippen molar-refractivity contribution in [3.05, 3.63) is 35.6 Å². The zero-order valence-electron chi connectivity index (χ0n) is 17.1. The van der Waals surface area contributed by atoms with Gasteiger partial charge in [0.05, 0.1) is 5.41 Å². The maximum absolute atomic E-state index is 13.8. The normalized spacial score (nSPS) is 33.2. The first-order chi connectivity index (χ1) is 14.0. The van der Waals surface area contributed by atoms with Gasteiger partial charge in [-0.2, -0.15) is 0 Å². The molecule has 5 aliphatic rings. The second-order valence-electron chi connectivity index (χ2n) is 9.96. The third-order valence-corrected chi connectivity index (χ3v) is 7.98. The number of rotatable bonds is 4. The molecule has 156 valence electrons. The van der Waals surface area contributed by atoms with Crippen LogP contribution in [0.1, 0.15) is 50.5 Å². The minimum absolute atomic E-state index is 0.0650. The number of piperazine rings is 1. The molecule has 1 heterocycles. The second kappa shape index (κ2) is 7.41. The second-order valence-corrected chi connectivity index (χ2v) is 9.96. The molecular formula is C24H31FN2O2. The van der Waals surface area contributed by atoms with Crippen molar-refractivity contribution >= 4 is 11.8 Å². The van der Waals surface area contributed by atoms with Crippen molar-refractivity contribution in [2.75, 3.05) is 26.2 Å². The summed E-state index contributed by atoms with van der Waals surface area (Å²) < 4.78 is 13.8. The van der Waals surface area contributed by atoms with Gasteiger partial charge in [0, 0.05) is 32.6 Å². The SMILES string of the molecule is O=C(CCc1ccccc1F)N1CCN(C(=O)C23CC4CC(CC(C4)C2)C3)CC1. The molecule has 0 N–H and O–H groups in total. The predicted molar refractivity (Wildman–Crippen MR) is 108 cm³/mol. The first-order valence-electron chi connectivity index (χ1n) is 11.3. The predicted octanol–water partition coefficient (Wildman–Crippen LogP) is 3.65. The fraction of sp³-hybridized carbons (Fsp3) is 0.667. The van der Waals surface area contributed by atoms with Gasteiger partial charge in [-0.15, -0.1) is 0 Å². The summed E-state index contributed by atoms with van der Waals surface area (Å²) in [6.45, 7) is 2.50. The summed E-state index contributed by atoms with van der Waals surface area (Å²) >= 11 is 0. The molecule has 0 radical (unpaired) electrons. The van der Waals surface area contributed by atoms with Crippen LogP contribution in [-0.4, -0.2) is 47.8 Å². The fourth-order valence-corrected chi connectivity index (χ4v) is 6.97. The van der Waals surface area contributed by atoms with Gasteiger partial charge in [-0.05, 0) is 74.3 Å². The van der Waals surface area contributed by atoms with Gasteiger partial charge in [-0.25, -0.2) is 4.39 Å². The number of nitrogens with zero attached hydrogens (tertiary/aromatic N) is 2. The zero-order valence-corrected chi connectivity index (χ0v) is 17.1. The van der Waals surface area contributed by atoms with Gasteiger partial charge in [0.2, 0.25) is 11.8 Å². The average molecular weight is 399 g/mol. The molecule has 0 unspecified atom stereocenters. The van der Waals surface area contributed by atoms with Crippen LogP contribution in [0.2, 0.25) is 0 Å². The summed E-state index contributed by atoms with van der Waals surface area (Å²) in [5, 5.41) is 0. The maximum Gasteiger partial charge on any atom is 0.228 e. The molecule has 0 atom stereocenters. The molecule has 4 nitrogen and oxygen atoms in total. The van der Waals surface area contributed by atoms with E-state index < -0.39 is 0 Å². The quantitative estimate of drug-likeness (QED) is 0.777. The van der Waals surface area contributed by atoms with Crippen molar-refractivity contribution in [2.24, 2.45) is 23.2 Å². The minimum atomic E-state index is -0.244. The first kappa shape index (κ1) is 19.1. The highest BCUT2D eigenvalue weighted by molar-refractivity contribution is 5.84. The third-order valence-electron chi connectivity index (χ3n) is 7.98. The Morgan fingerprint density at radius 2 is 1.45 bits per heavy atom. The van der Waals surface area contributed by atoms with Crippen LogP contribution >= 0.6 is 0 Å². The van der Waals surface area contributed by atoms with Crippen molar-refractivity contribution in [2.45, 2.75) is 51.4 Å². The van der Waals surface area contributed by atoms with E-state index in [-0.39, 0.29) is 17.1 Å². The van der Waals surface area contributed by atoms with E-state index in [2.05, 4.69) is 0 Å². The molecule has 4 bridgehead atoms. The number of hydrogen-bond acceptors (Lipinski definition) is 2. The number of carbonyl (C=O) groups excluding carboxylic acids is 2. The lowest BCUT2D eigenvalue weighted by molar-refractivity contribution is -0.160. The van der Waals surface area contributed by atoms with Gasteiger partial charge in [-0.1, -0.05) is 18.2 Å². The number of aryl methyl sites for hydroxylation is 1. The van der Waals surface area contributed by atoms with E-state index in [0.717, 1.165) is 37.0 Å². The van der Waals surface area contributed by atoms with E-state index in [0.29, 0.717) is 50.5 Å². The molecule has 1 saturated heterocycles. The van der Waals surface area contributed by atoms with E-state index in [9.17, 15) is 14.0 Å². The molecule has 0 spiro atoms. The number of carbonyl (C=O) groups is 2. The molecular weight excluding hydrogens is 367 g/mol. The molecule has 0 aromatic heterocycles. The molecule has 6 rings (SSSR count). The Bertz CT molecular complexity index is 765. The Balaban J connectivity index is 1.15. The van der Waals surface area contributed by atoms with E-state index >= 15 is 0 Å². The summed E-state index contributed by atoms with van der Waals surface area (Å²) in [6.07, 6.45) is 8.07. The molecule has 4 aliphatic carbocycles. The van der Waals surface area contributed by atoms with Crippen LogP contribution in [0.3, 0.4) is 0 Å². The molecule has 29 heavy (non-hydrogen) atoms. The van der Waals surface area contributed by atoms with Crippen LogP contribution in [0.4, 0.5) is 4.39 Å². The van der Waals surface area contributed by atoms with Gasteiger partial charge >= 0.3 is 0 Å².